The highest BCUT2D eigenvalue weighted by atomic mass is 19.4. The van der Waals surface area contributed by atoms with Crippen molar-refractivity contribution in [2.75, 3.05) is 33.8 Å². The quantitative estimate of drug-likeness (QED) is 0.691. The highest BCUT2D eigenvalue weighted by Gasteiger charge is 2.29. The summed E-state index contributed by atoms with van der Waals surface area (Å²) in [7, 11) is 2.62. The molecule has 0 aromatic carbocycles. The Bertz CT molecular complexity index is 234. The van der Waals surface area contributed by atoms with E-state index in [1.807, 2.05) is 6.92 Å². The van der Waals surface area contributed by atoms with Gasteiger partial charge in [0.25, 0.3) is 0 Å². The number of rotatable bonds is 7. The molecule has 17 heavy (non-hydrogen) atoms. The van der Waals surface area contributed by atoms with Crippen molar-refractivity contribution in [2.24, 2.45) is 0 Å². The zero-order valence-corrected chi connectivity index (χ0v) is 10.3. The van der Waals surface area contributed by atoms with Gasteiger partial charge in [0.1, 0.15) is 6.04 Å². The second-order valence-electron chi connectivity index (χ2n) is 3.78. The number of methoxy groups -OCH3 is 1. The van der Waals surface area contributed by atoms with Gasteiger partial charge in [-0.05, 0) is 20.0 Å². The minimum absolute atomic E-state index is 0.173. The minimum Gasteiger partial charge on any atom is -0.468 e. The molecule has 0 saturated carbocycles. The fourth-order valence-corrected chi connectivity index (χ4v) is 1.43. The van der Waals surface area contributed by atoms with Crippen molar-refractivity contribution in [2.45, 2.75) is 25.6 Å². The molecule has 102 valence electrons. The number of nitrogens with zero attached hydrogens (tertiary/aromatic N) is 1. The van der Waals surface area contributed by atoms with E-state index in [1.165, 1.54) is 14.2 Å². The zero-order chi connectivity index (χ0) is 13.5. The Morgan fingerprint density at radius 1 is 1.47 bits per heavy atom. The predicted molar refractivity (Wildman–Crippen MR) is 57.6 cm³/mol. The van der Waals surface area contributed by atoms with E-state index in [2.05, 4.69) is 10.1 Å². The first-order valence-corrected chi connectivity index (χ1v) is 5.36. The van der Waals surface area contributed by atoms with Crippen LogP contribution in [-0.4, -0.2) is 56.9 Å². The van der Waals surface area contributed by atoms with Gasteiger partial charge in [-0.15, -0.1) is 0 Å². The van der Waals surface area contributed by atoms with Crippen LogP contribution < -0.4 is 5.32 Å². The van der Waals surface area contributed by atoms with E-state index in [0.29, 0.717) is 6.54 Å². The van der Waals surface area contributed by atoms with Crippen molar-refractivity contribution in [3.05, 3.63) is 0 Å². The lowest BCUT2D eigenvalue weighted by Crippen LogP contribution is -2.41. The number of likely N-dealkylation sites (N-methyl/N-ethyl adjacent to an activating group) is 1. The average Bonchev–Trinajstić information content (AvgIpc) is 2.20. The summed E-state index contributed by atoms with van der Waals surface area (Å²) >= 11 is 0. The van der Waals surface area contributed by atoms with Crippen LogP contribution >= 0.6 is 0 Å². The summed E-state index contributed by atoms with van der Waals surface area (Å²) in [6, 6.07) is -0.555. The van der Waals surface area contributed by atoms with Gasteiger partial charge in [0, 0.05) is 6.54 Å². The van der Waals surface area contributed by atoms with Crippen LogP contribution in [0.2, 0.25) is 0 Å². The fraction of sp³-hybridized carbons (Fsp3) is 0.900. The third kappa shape index (κ3) is 7.98. The lowest BCUT2D eigenvalue weighted by atomic mass is 10.2. The largest absolute Gasteiger partial charge is 0.468 e. The molecule has 0 aliphatic heterocycles. The first-order valence-electron chi connectivity index (χ1n) is 5.36. The molecule has 0 radical (unpaired) electrons. The van der Waals surface area contributed by atoms with Crippen LogP contribution in [0.5, 0.6) is 0 Å². The van der Waals surface area contributed by atoms with Crippen molar-refractivity contribution in [1.29, 1.82) is 0 Å². The maximum absolute atomic E-state index is 12.1. The molecule has 1 atom stereocenters. The number of ether oxygens (including phenoxy) is 1. The molecule has 0 aliphatic rings. The molecule has 0 fully saturated rings. The molecule has 7 heteroatoms. The van der Waals surface area contributed by atoms with E-state index in [1.54, 1.807) is 0 Å². The number of esters is 1. The van der Waals surface area contributed by atoms with E-state index in [-0.39, 0.29) is 13.0 Å². The Hall–Kier alpha value is -0.820. The number of nitrogens with one attached hydrogen (secondary N) is 1. The summed E-state index contributed by atoms with van der Waals surface area (Å²) in [5.41, 5.74) is 0. The van der Waals surface area contributed by atoms with Gasteiger partial charge in [0.05, 0.1) is 13.7 Å². The first-order chi connectivity index (χ1) is 7.80. The molecule has 0 saturated heterocycles. The number of hydrogen-bond acceptors (Lipinski definition) is 4. The maximum atomic E-state index is 12.1. The smallest absolute Gasteiger partial charge is 0.401 e. The van der Waals surface area contributed by atoms with E-state index in [0.717, 1.165) is 4.90 Å². The SMILES string of the molecule is CCNC(CCN(C)CC(F)(F)F)C(=O)OC. The van der Waals surface area contributed by atoms with Gasteiger partial charge in [0.2, 0.25) is 0 Å². The summed E-state index contributed by atoms with van der Waals surface area (Å²) in [5, 5.41) is 2.87. The third-order valence-corrected chi connectivity index (χ3v) is 2.18. The molecule has 0 aromatic rings. The van der Waals surface area contributed by atoms with Gasteiger partial charge in [-0.1, -0.05) is 6.92 Å². The molecule has 0 aromatic heterocycles. The zero-order valence-electron chi connectivity index (χ0n) is 10.3. The van der Waals surface area contributed by atoms with Crippen LogP contribution in [0, 0.1) is 0 Å². The van der Waals surface area contributed by atoms with Gasteiger partial charge in [-0.25, -0.2) is 0 Å². The minimum atomic E-state index is -4.21. The molecule has 0 aliphatic carbocycles. The number of carbonyl (C=O) groups excluding carboxylic acids is 1. The van der Waals surface area contributed by atoms with E-state index >= 15 is 0 Å². The Kier molecular flexibility index (Phi) is 7.13. The van der Waals surface area contributed by atoms with Crippen molar-refractivity contribution in [1.82, 2.24) is 10.2 Å². The highest BCUT2D eigenvalue weighted by molar-refractivity contribution is 5.75. The summed E-state index contributed by atoms with van der Waals surface area (Å²) in [5.74, 6) is -0.452. The lowest BCUT2D eigenvalue weighted by Gasteiger charge is -2.21. The number of alkyl halides is 3. The second-order valence-corrected chi connectivity index (χ2v) is 3.78. The summed E-state index contributed by atoms with van der Waals surface area (Å²) in [4.78, 5) is 12.4. The van der Waals surface area contributed by atoms with Crippen molar-refractivity contribution >= 4 is 5.97 Å². The number of hydrogen-bond donors (Lipinski definition) is 1. The van der Waals surface area contributed by atoms with Crippen LogP contribution in [0.3, 0.4) is 0 Å². The highest BCUT2D eigenvalue weighted by Crippen LogP contribution is 2.15. The summed E-state index contributed by atoms with van der Waals surface area (Å²) in [6.07, 6.45) is -3.93. The Morgan fingerprint density at radius 2 is 2.06 bits per heavy atom. The number of carbonyl (C=O) groups is 1. The Balaban J connectivity index is 4.08. The molecule has 1 N–H and O–H groups in total. The van der Waals surface area contributed by atoms with E-state index < -0.39 is 24.7 Å². The van der Waals surface area contributed by atoms with E-state index in [9.17, 15) is 18.0 Å². The summed E-state index contributed by atoms with van der Waals surface area (Å²) in [6.45, 7) is 1.57. The molecule has 0 heterocycles. The maximum Gasteiger partial charge on any atom is 0.401 e. The first kappa shape index (κ1) is 16.2. The summed E-state index contributed by atoms with van der Waals surface area (Å²) < 4.78 is 40.7. The van der Waals surface area contributed by atoms with Gasteiger partial charge in [0.15, 0.2) is 0 Å². The Labute approximate surface area is 99.1 Å². The van der Waals surface area contributed by atoms with Crippen LogP contribution in [0.4, 0.5) is 13.2 Å². The van der Waals surface area contributed by atoms with Crippen LogP contribution in [-0.2, 0) is 9.53 Å². The van der Waals surface area contributed by atoms with Gasteiger partial charge in [-0.3, -0.25) is 9.69 Å². The van der Waals surface area contributed by atoms with Crippen molar-refractivity contribution in [3.8, 4) is 0 Å². The number of halogens is 3. The molecule has 0 bridgehead atoms. The molecule has 4 nitrogen and oxygen atoms in total. The molecule has 0 amide bonds. The van der Waals surface area contributed by atoms with Crippen LogP contribution in [0.1, 0.15) is 13.3 Å². The molecule has 0 rings (SSSR count). The van der Waals surface area contributed by atoms with Crippen LogP contribution in [0.25, 0.3) is 0 Å². The van der Waals surface area contributed by atoms with Crippen molar-refractivity contribution in [3.63, 3.8) is 0 Å². The average molecular weight is 256 g/mol. The van der Waals surface area contributed by atoms with Crippen molar-refractivity contribution < 1.29 is 22.7 Å². The normalized spacial score (nSPS) is 13.8. The lowest BCUT2D eigenvalue weighted by molar-refractivity contribution is -0.145. The molecular formula is C10H19F3N2O2. The molecular weight excluding hydrogens is 237 g/mol. The van der Waals surface area contributed by atoms with Gasteiger partial charge in [-0.2, -0.15) is 13.2 Å². The van der Waals surface area contributed by atoms with Gasteiger partial charge < -0.3 is 10.1 Å². The molecule has 0 spiro atoms. The second kappa shape index (κ2) is 7.50. The predicted octanol–water partition coefficient (Wildman–Crippen LogP) is 1.02. The topological polar surface area (TPSA) is 41.6 Å². The molecule has 1 unspecified atom stereocenters. The Morgan fingerprint density at radius 3 is 2.47 bits per heavy atom. The monoisotopic (exact) mass is 256 g/mol. The van der Waals surface area contributed by atoms with E-state index in [4.69, 9.17) is 0 Å². The van der Waals surface area contributed by atoms with Gasteiger partial charge >= 0.3 is 12.1 Å². The van der Waals surface area contributed by atoms with Crippen LogP contribution in [0.15, 0.2) is 0 Å². The third-order valence-electron chi connectivity index (χ3n) is 2.18. The fourth-order valence-electron chi connectivity index (χ4n) is 1.43. The standard InChI is InChI=1S/C10H19F3N2O2/c1-4-14-8(9(16)17-3)5-6-15(2)7-10(11,12)13/h8,14H,4-7H2,1-3H3.